The Kier molecular flexibility index (Phi) is 6.65. The van der Waals surface area contributed by atoms with Crippen molar-refractivity contribution in [3.05, 3.63) is 23.8 Å². The second-order valence-electron chi connectivity index (χ2n) is 7.57. The third kappa shape index (κ3) is 5.69. The van der Waals surface area contributed by atoms with Gasteiger partial charge in [-0.05, 0) is 36.1 Å². The summed E-state index contributed by atoms with van der Waals surface area (Å²) in [5.41, 5.74) is 0.670. The summed E-state index contributed by atoms with van der Waals surface area (Å²) in [7, 11) is -3.54. The van der Waals surface area contributed by atoms with E-state index in [-0.39, 0.29) is 22.8 Å². The third-order valence-electron chi connectivity index (χ3n) is 3.93. The zero-order valence-corrected chi connectivity index (χ0v) is 16.7. The molecule has 1 saturated heterocycles. The number of rotatable bonds is 6. The summed E-state index contributed by atoms with van der Waals surface area (Å²) in [6.07, 6.45) is 0. The molecule has 1 N–H and O–H groups in total. The maximum absolute atomic E-state index is 12.7. The van der Waals surface area contributed by atoms with E-state index in [1.165, 1.54) is 10.4 Å². The van der Waals surface area contributed by atoms with E-state index in [0.29, 0.717) is 44.2 Å². The number of carbonyl (C=O) groups excluding carboxylic acids is 1. The van der Waals surface area contributed by atoms with Gasteiger partial charge in [0.25, 0.3) is 5.91 Å². The smallest absolute Gasteiger partial charge is 0.257 e. The molecule has 0 spiro atoms. The predicted molar refractivity (Wildman–Crippen MR) is 98.7 cm³/mol. The molecule has 146 valence electrons. The van der Waals surface area contributed by atoms with E-state index in [9.17, 15) is 13.2 Å². The van der Waals surface area contributed by atoms with Crippen LogP contribution >= 0.6 is 0 Å². The van der Waals surface area contributed by atoms with Crippen molar-refractivity contribution in [1.29, 1.82) is 0 Å². The van der Waals surface area contributed by atoms with Crippen LogP contribution in [0.1, 0.15) is 26.3 Å². The number of benzene rings is 1. The fraction of sp³-hybridized carbons (Fsp3) is 0.611. The van der Waals surface area contributed by atoms with Crippen molar-refractivity contribution >= 4 is 15.9 Å². The molecule has 1 heterocycles. The maximum atomic E-state index is 12.7. The maximum Gasteiger partial charge on any atom is 0.257 e. The minimum absolute atomic E-state index is 0.00107. The summed E-state index contributed by atoms with van der Waals surface area (Å²) in [6.45, 7) is 9.84. The van der Waals surface area contributed by atoms with Crippen LogP contribution in [-0.4, -0.2) is 58.1 Å². The number of hydrogen-bond donors (Lipinski definition) is 1. The van der Waals surface area contributed by atoms with Gasteiger partial charge < -0.3 is 14.8 Å². The van der Waals surface area contributed by atoms with Gasteiger partial charge in [0.15, 0.2) is 6.61 Å². The molecule has 8 heteroatoms. The molecular formula is C18H28N2O5S. The predicted octanol–water partition coefficient (Wildman–Crippen LogP) is 1.56. The Bertz CT molecular complexity index is 734. The molecule has 1 aliphatic heterocycles. The lowest BCUT2D eigenvalue weighted by molar-refractivity contribution is -0.123. The Labute approximate surface area is 155 Å². The normalized spacial score (nSPS) is 16.3. The SMILES string of the molecule is Cc1cc(S(=O)(=O)N2CCOCC2)ccc1OCC(=O)NCC(C)(C)C. The first kappa shape index (κ1) is 20.7. The van der Waals surface area contributed by atoms with Gasteiger partial charge in [-0.3, -0.25) is 4.79 Å². The molecule has 0 aliphatic carbocycles. The van der Waals surface area contributed by atoms with E-state index in [4.69, 9.17) is 9.47 Å². The molecule has 26 heavy (non-hydrogen) atoms. The lowest BCUT2D eigenvalue weighted by Gasteiger charge is -2.26. The number of hydrogen-bond acceptors (Lipinski definition) is 5. The fourth-order valence-electron chi connectivity index (χ4n) is 2.44. The highest BCUT2D eigenvalue weighted by molar-refractivity contribution is 7.89. The van der Waals surface area contributed by atoms with Crippen LogP contribution in [0.3, 0.4) is 0 Å². The van der Waals surface area contributed by atoms with Gasteiger partial charge in [0.1, 0.15) is 5.75 Å². The summed E-state index contributed by atoms with van der Waals surface area (Å²) in [5.74, 6) is 0.293. The lowest BCUT2D eigenvalue weighted by Crippen LogP contribution is -2.40. The Morgan fingerprint density at radius 1 is 1.27 bits per heavy atom. The Morgan fingerprint density at radius 2 is 1.92 bits per heavy atom. The van der Waals surface area contributed by atoms with Crippen molar-refractivity contribution in [2.75, 3.05) is 39.5 Å². The molecule has 0 atom stereocenters. The van der Waals surface area contributed by atoms with E-state index in [2.05, 4.69) is 5.32 Å². The number of amides is 1. The molecular weight excluding hydrogens is 356 g/mol. The van der Waals surface area contributed by atoms with Crippen LogP contribution in [0.2, 0.25) is 0 Å². The van der Waals surface area contributed by atoms with E-state index in [1.807, 2.05) is 20.8 Å². The summed E-state index contributed by atoms with van der Waals surface area (Å²) < 4.78 is 37.5. The molecule has 1 aromatic rings. The molecule has 0 radical (unpaired) electrons. The number of nitrogens with zero attached hydrogens (tertiary/aromatic N) is 1. The number of carbonyl (C=O) groups is 1. The average molecular weight is 384 g/mol. The van der Waals surface area contributed by atoms with Crippen LogP contribution in [-0.2, 0) is 19.6 Å². The van der Waals surface area contributed by atoms with E-state index in [0.717, 1.165) is 0 Å². The number of morpholine rings is 1. The number of aryl methyl sites for hydroxylation is 1. The molecule has 0 saturated carbocycles. The summed E-state index contributed by atoms with van der Waals surface area (Å²) in [4.78, 5) is 12.1. The first-order valence-electron chi connectivity index (χ1n) is 8.68. The average Bonchev–Trinajstić information content (AvgIpc) is 2.59. The van der Waals surface area contributed by atoms with Gasteiger partial charge in [-0.15, -0.1) is 0 Å². The van der Waals surface area contributed by atoms with E-state index < -0.39 is 10.0 Å². The van der Waals surface area contributed by atoms with Crippen molar-refractivity contribution in [2.24, 2.45) is 5.41 Å². The zero-order valence-electron chi connectivity index (χ0n) is 15.9. The highest BCUT2D eigenvalue weighted by Crippen LogP contribution is 2.24. The monoisotopic (exact) mass is 384 g/mol. The van der Waals surface area contributed by atoms with Crippen LogP contribution in [0.15, 0.2) is 23.1 Å². The molecule has 1 aliphatic rings. The second kappa shape index (κ2) is 8.37. The standard InChI is InChI=1S/C18H28N2O5S/c1-14-11-15(26(22,23)20-7-9-24-10-8-20)5-6-16(14)25-12-17(21)19-13-18(2,3)4/h5-6,11H,7-10,12-13H2,1-4H3,(H,19,21). The van der Waals surface area contributed by atoms with Gasteiger partial charge in [-0.2, -0.15) is 4.31 Å². The van der Waals surface area contributed by atoms with Gasteiger partial charge in [0, 0.05) is 19.6 Å². The minimum Gasteiger partial charge on any atom is -0.484 e. The first-order valence-corrected chi connectivity index (χ1v) is 10.1. The summed E-state index contributed by atoms with van der Waals surface area (Å²) in [5, 5.41) is 2.81. The van der Waals surface area contributed by atoms with Crippen LogP contribution < -0.4 is 10.1 Å². The first-order chi connectivity index (χ1) is 12.1. The Balaban J connectivity index is 1.99. The Hall–Kier alpha value is -1.64. The van der Waals surface area contributed by atoms with Crippen LogP contribution in [0, 0.1) is 12.3 Å². The Morgan fingerprint density at radius 3 is 2.50 bits per heavy atom. The van der Waals surface area contributed by atoms with Crippen molar-refractivity contribution in [3.8, 4) is 5.75 Å². The molecule has 2 rings (SSSR count). The summed E-state index contributed by atoms with van der Waals surface area (Å²) in [6, 6.07) is 4.69. The molecule has 1 aromatic carbocycles. The van der Waals surface area contributed by atoms with Crippen LogP contribution in [0.5, 0.6) is 5.75 Å². The fourth-order valence-corrected chi connectivity index (χ4v) is 3.93. The highest BCUT2D eigenvalue weighted by atomic mass is 32.2. The highest BCUT2D eigenvalue weighted by Gasteiger charge is 2.26. The molecule has 7 nitrogen and oxygen atoms in total. The van der Waals surface area contributed by atoms with Gasteiger partial charge in [0.05, 0.1) is 18.1 Å². The molecule has 0 bridgehead atoms. The van der Waals surface area contributed by atoms with E-state index in [1.54, 1.807) is 19.1 Å². The van der Waals surface area contributed by atoms with Gasteiger partial charge >= 0.3 is 0 Å². The van der Waals surface area contributed by atoms with Gasteiger partial charge in [-0.1, -0.05) is 20.8 Å². The molecule has 0 unspecified atom stereocenters. The quantitative estimate of drug-likeness (QED) is 0.804. The molecule has 1 amide bonds. The minimum atomic E-state index is -3.54. The van der Waals surface area contributed by atoms with Crippen molar-refractivity contribution in [2.45, 2.75) is 32.6 Å². The van der Waals surface area contributed by atoms with Crippen molar-refractivity contribution in [1.82, 2.24) is 9.62 Å². The number of sulfonamides is 1. The second-order valence-corrected chi connectivity index (χ2v) is 9.51. The number of ether oxygens (including phenoxy) is 2. The van der Waals surface area contributed by atoms with Gasteiger partial charge in [-0.25, -0.2) is 8.42 Å². The lowest BCUT2D eigenvalue weighted by atomic mass is 9.97. The van der Waals surface area contributed by atoms with Crippen LogP contribution in [0.25, 0.3) is 0 Å². The van der Waals surface area contributed by atoms with E-state index >= 15 is 0 Å². The van der Waals surface area contributed by atoms with Gasteiger partial charge in [0.2, 0.25) is 10.0 Å². The third-order valence-corrected chi connectivity index (χ3v) is 5.82. The topological polar surface area (TPSA) is 84.9 Å². The number of nitrogens with one attached hydrogen (secondary N) is 1. The van der Waals surface area contributed by atoms with Crippen molar-refractivity contribution in [3.63, 3.8) is 0 Å². The van der Waals surface area contributed by atoms with Crippen molar-refractivity contribution < 1.29 is 22.7 Å². The largest absolute Gasteiger partial charge is 0.484 e. The molecule has 0 aromatic heterocycles. The zero-order chi connectivity index (χ0) is 19.4. The summed E-state index contributed by atoms with van der Waals surface area (Å²) >= 11 is 0. The van der Waals surface area contributed by atoms with Crippen LogP contribution in [0.4, 0.5) is 0 Å². The molecule has 1 fully saturated rings.